The number of carbonyl (C=O) groups is 1. The van der Waals surface area contributed by atoms with Crippen molar-refractivity contribution in [3.63, 3.8) is 0 Å². The largest absolute Gasteiger partial charge is 0.289 e. The molecule has 2 saturated heterocycles. The molecule has 0 aliphatic carbocycles. The maximum atomic E-state index is 12.5. The third-order valence-electron chi connectivity index (χ3n) is 3.56. The Morgan fingerprint density at radius 1 is 1.32 bits per heavy atom. The van der Waals surface area contributed by atoms with Gasteiger partial charge in [-0.1, -0.05) is 52.0 Å². The van der Waals surface area contributed by atoms with Gasteiger partial charge in [0.1, 0.15) is 4.32 Å². The van der Waals surface area contributed by atoms with E-state index in [1.165, 1.54) is 16.7 Å². The van der Waals surface area contributed by atoms with Crippen LogP contribution in [0.2, 0.25) is 0 Å². The highest BCUT2D eigenvalue weighted by Gasteiger charge is 2.41. The fourth-order valence-electron chi connectivity index (χ4n) is 2.48. The predicted octanol–water partition coefficient (Wildman–Crippen LogP) is 2.84. The molecule has 0 N–H and O–H groups in total. The van der Waals surface area contributed by atoms with Crippen molar-refractivity contribution in [3.05, 3.63) is 39.2 Å². The molecule has 8 heteroatoms. The molecule has 0 spiro atoms. The first-order chi connectivity index (χ1) is 10.4. The number of amides is 1. The van der Waals surface area contributed by atoms with Crippen LogP contribution in [-0.4, -0.2) is 41.1 Å². The van der Waals surface area contributed by atoms with Crippen molar-refractivity contribution in [2.45, 2.75) is 12.5 Å². The number of hydrogen-bond donors (Lipinski definition) is 0. The third kappa shape index (κ3) is 3.29. The zero-order valence-electron chi connectivity index (χ0n) is 11.4. The normalized spacial score (nSPS) is 26.1. The summed E-state index contributed by atoms with van der Waals surface area (Å²) in [5.41, 5.74) is 0.905. The molecule has 1 aromatic carbocycles. The van der Waals surface area contributed by atoms with E-state index in [1.807, 2.05) is 24.3 Å². The molecule has 2 fully saturated rings. The Morgan fingerprint density at radius 2 is 2.00 bits per heavy atom. The average molecular weight is 418 g/mol. The van der Waals surface area contributed by atoms with Gasteiger partial charge in [-0.15, -0.1) is 0 Å². The summed E-state index contributed by atoms with van der Waals surface area (Å²) in [6.45, 7) is 0. The Labute approximate surface area is 147 Å². The lowest BCUT2D eigenvalue weighted by molar-refractivity contribution is -0.123. The Bertz CT molecular complexity index is 771. The molecule has 2 heterocycles. The molecule has 1 atom stereocenters. The van der Waals surface area contributed by atoms with Crippen LogP contribution in [0.15, 0.2) is 33.6 Å². The first-order valence-electron chi connectivity index (χ1n) is 6.59. The summed E-state index contributed by atoms with van der Waals surface area (Å²) in [5, 5.41) is 0. The number of carbonyl (C=O) groups excluding carboxylic acids is 1. The van der Waals surface area contributed by atoms with E-state index in [0.29, 0.717) is 15.6 Å². The first kappa shape index (κ1) is 16.2. The standard InChI is InChI=1S/C14H12BrNO3S3/c15-10-3-1-9(2-4-10)7-12-13(17)16(14(20)21-12)11-5-6-22(18,19)8-11/h1-4,7,11H,5-6,8H2/b12-7-. The van der Waals surface area contributed by atoms with Crippen LogP contribution in [0.1, 0.15) is 12.0 Å². The highest BCUT2D eigenvalue weighted by Crippen LogP contribution is 2.36. The highest BCUT2D eigenvalue weighted by atomic mass is 79.9. The zero-order valence-corrected chi connectivity index (χ0v) is 15.4. The molecule has 22 heavy (non-hydrogen) atoms. The Hall–Kier alpha value is -0.700. The number of thiocarbonyl (C=S) groups is 1. The summed E-state index contributed by atoms with van der Waals surface area (Å²) >= 11 is 9.86. The Morgan fingerprint density at radius 3 is 2.59 bits per heavy atom. The van der Waals surface area contributed by atoms with E-state index < -0.39 is 9.84 Å². The smallest absolute Gasteiger partial charge is 0.266 e. The number of hydrogen-bond acceptors (Lipinski definition) is 5. The third-order valence-corrected chi connectivity index (χ3v) is 7.17. The van der Waals surface area contributed by atoms with Gasteiger partial charge >= 0.3 is 0 Å². The van der Waals surface area contributed by atoms with Crippen LogP contribution in [0.25, 0.3) is 6.08 Å². The van der Waals surface area contributed by atoms with Gasteiger partial charge < -0.3 is 0 Å². The lowest BCUT2D eigenvalue weighted by Crippen LogP contribution is -2.39. The van der Waals surface area contributed by atoms with Crippen LogP contribution < -0.4 is 0 Å². The van der Waals surface area contributed by atoms with E-state index in [9.17, 15) is 13.2 Å². The van der Waals surface area contributed by atoms with Gasteiger partial charge in [0, 0.05) is 4.47 Å². The molecule has 1 aromatic rings. The van der Waals surface area contributed by atoms with Crippen LogP contribution in [-0.2, 0) is 14.6 Å². The molecule has 2 aliphatic rings. The molecule has 4 nitrogen and oxygen atoms in total. The van der Waals surface area contributed by atoms with Gasteiger partial charge in [0.15, 0.2) is 9.84 Å². The number of rotatable bonds is 2. The van der Waals surface area contributed by atoms with E-state index in [-0.39, 0.29) is 23.5 Å². The summed E-state index contributed by atoms with van der Waals surface area (Å²) in [5.74, 6) is -0.0640. The maximum Gasteiger partial charge on any atom is 0.266 e. The van der Waals surface area contributed by atoms with Gasteiger partial charge in [0.2, 0.25) is 0 Å². The SMILES string of the molecule is O=C1/C(=C/c2ccc(Br)cc2)SC(=S)N1C1CCS(=O)(=O)C1. The van der Waals surface area contributed by atoms with Crippen molar-refractivity contribution in [1.29, 1.82) is 0 Å². The van der Waals surface area contributed by atoms with Gasteiger partial charge in [0.05, 0.1) is 22.5 Å². The summed E-state index contributed by atoms with van der Waals surface area (Å²) < 4.78 is 24.6. The molecule has 116 valence electrons. The van der Waals surface area contributed by atoms with Crippen LogP contribution in [0.4, 0.5) is 0 Å². The van der Waals surface area contributed by atoms with Gasteiger partial charge in [-0.25, -0.2) is 8.42 Å². The van der Waals surface area contributed by atoms with E-state index >= 15 is 0 Å². The van der Waals surface area contributed by atoms with E-state index in [2.05, 4.69) is 15.9 Å². The van der Waals surface area contributed by atoms with E-state index in [0.717, 1.165) is 10.0 Å². The number of nitrogens with zero attached hydrogens (tertiary/aromatic N) is 1. The Balaban J connectivity index is 1.84. The molecular weight excluding hydrogens is 406 g/mol. The monoisotopic (exact) mass is 417 g/mol. The van der Waals surface area contributed by atoms with Crippen molar-refractivity contribution in [2.75, 3.05) is 11.5 Å². The van der Waals surface area contributed by atoms with Crippen LogP contribution >= 0.6 is 39.9 Å². The second-order valence-electron chi connectivity index (χ2n) is 5.16. The zero-order chi connectivity index (χ0) is 15.9. The second-order valence-corrected chi connectivity index (χ2v) is 9.98. The van der Waals surface area contributed by atoms with Crippen molar-refractivity contribution in [3.8, 4) is 0 Å². The molecule has 1 amide bonds. The number of halogens is 1. The fraction of sp³-hybridized carbons (Fsp3) is 0.286. The summed E-state index contributed by atoms with van der Waals surface area (Å²) in [6, 6.07) is 7.27. The Kier molecular flexibility index (Phi) is 4.46. The van der Waals surface area contributed by atoms with Crippen molar-refractivity contribution in [1.82, 2.24) is 4.90 Å². The lowest BCUT2D eigenvalue weighted by atomic mass is 10.2. The first-order valence-corrected chi connectivity index (χ1v) is 10.4. The molecule has 0 aromatic heterocycles. The lowest BCUT2D eigenvalue weighted by Gasteiger charge is -2.20. The molecular formula is C14H12BrNO3S3. The quantitative estimate of drug-likeness (QED) is 0.546. The van der Waals surface area contributed by atoms with Crippen molar-refractivity contribution >= 4 is 66.1 Å². The second kappa shape index (κ2) is 6.07. The molecule has 3 rings (SSSR count). The molecule has 2 aliphatic heterocycles. The summed E-state index contributed by atoms with van der Waals surface area (Å²) in [7, 11) is -3.05. The maximum absolute atomic E-state index is 12.5. The van der Waals surface area contributed by atoms with Gasteiger partial charge in [-0.3, -0.25) is 9.69 Å². The predicted molar refractivity (Wildman–Crippen MR) is 96.2 cm³/mol. The van der Waals surface area contributed by atoms with E-state index in [1.54, 1.807) is 6.08 Å². The molecule has 0 bridgehead atoms. The van der Waals surface area contributed by atoms with Gasteiger partial charge in [0.25, 0.3) is 5.91 Å². The fourth-order valence-corrected chi connectivity index (χ4v) is 5.85. The van der Waals surface area contributed by atoms with Gasteiger partial charge in [-0.2, -0.15) is 0 Å². The molecule has 0 saturated carbocycles. The number of thioether (sulfide) groups is 1. The minimum atomic E-state index is -3.05. The van der Waals surface area contributed by atoms with Gasteiger partial charge in [-0.05, 0) is 30.2 Å². The van der Waals surface area contributed by atoms with Crippen LogP contribution in [0.3, 0.4) is 0 Å². The van der Waals surface area contributed by atoms with Crippen LogP contribution in [0.5, 0.6) is 0 Å². The summed E-state index contributed by atoms with van der Waals surface area (Å²) in [6.07, 6.45) is 2.25. The minimum Gasteiger partial charge on any atom is -0.289 e. The van der Waals surface area contributed by atoms with Crippen LogP contribution in [0, 0.1) is 0 Å². The van der Waals surface area contributed by atoms with Crippen molar-refractivity contribution < 1.29 is 13.2 Å². The van der Waals surface area contributed by atoms with Crippen molar-refractivity contribution in [2.24, 2.45) is 0 Å². The summed E-state index contributed by atoms with van der Waals surface area (Å²) in [4.78, 5) is 14.5. The highest BCUT2D eigenvalue weighted by molar-refractivity contribution is 9.10. The average Bonchev–Trinajstić information content (AvgIpc) is 2.93. The topological polar surface area (TPSA) is 54.5 Å². The number of sulfone groups is 1. The molecule has 1 unspecified atom stereocenters. The minimum absolute atomic E-state index is 0.00496. The van der Waals surface area contributed by atoms with E-state index in [4.69, 9.17) is 12.2 Å². The number of benzene rings is 1. The molecule has 0 radical (unpaired) electrons.